The predicted molar refractivity (Wildman–Crippen MR) is 109 cm³/mol. The monoisotopic (exact) mass is 405 g/mol. The maximum atomic E-state index is 12.4. The lowest BCUT2D eigenvalue weighted by Crippen LogP contribution is -2.29. The third-order valence-electron chi connectivity index (χ3n) is 3.90. The molecule has 0 saturated heterocycles. The molecule has 0 unspecified atom stereocenters. The van der Waals surface area contributed by atoms with E-state index in [1.807, 2.05) is 36.2 Å². The maximum Gasteiger partial charge on any atom is 0.238 e. The summed E-state index contributed by atoms with van der Waals surface area (Å²) in [6, 6.07) is 11.3. The third-order valence-corrected chi connectivity index (χ3v) is 5.22. The van der Waals surface area contributed by atoms with E-state index in [1.54, 1.807) is 23.5 Å². The van der Waals surface area contributed by atoms with E-state index in [1.165, 1.54) is 14.2 Å². The second-order valence-corrected chi connectivity index (χ2v) is 7.51. The number of benzene rings is 2. The van der Waals surface area contributed by atoms with Crippen LogP contribution in [0.3, 0.4) is 0 Å². The largest absolute Gasteiger partial charge is 0.495 e. The van der Waals surface area contributed by atoms with Gasteiger partial charge in [-0.05, 0) is 25.2 Å². The lowest BCUT2D eigenvalue weighted by molar-refractivity contribution is -0.117. The first-order valence-corrected chi connectivity index (χ1v) is 9.44. The van der Waals surface area contributed by atoms with Crippen molar-refractivity contribution >= 4 is 44.7 Å². The summed E-state index contributed by atoms with van der Waals surface area (Å²) >= 11 is 7.78. The molecule has 0 bridgehead atoms. The molecule has 3 aromatic rings. The quantitative estimate of drug-likeness (QED) is 0.642. The zero-order chi connectivity index (χ0) is 19.4. The first kappa shape index (κ1) is 19.4. The van der Waals surface area contributed by atoms with Crippen LogP contribution in [0.15, 0.2) is 36.4 Å². The van der Waals surface area contributed by atoms with Crippen LogP contribution in [0.1, 0.15) is 5.01 Å². The average molecular weight is 406 g/mol. The van der Waals surface area contributed by atoms with Gasteiger partial charge < -0.3 is 14.8 Å². The van der Waals surface area contributed by atoms with Crippen LogP contribution in [0.2, 0.25) is 5.02 Å². The molecular weight excluding hydrogens is 386 g/mol. The molecule has 1 heterocycles. The van der Waals surface area contributed by atoms with Crippen LogP contribution in [0.5, 0.6) is 11.5 Å². The van der Waals surface area contributed by atoms with Crippen LogP contribution in [-0.2, 0) is 11.3 Å². The lowest BCUT2D eigenvalue weighted by atomic mass is 10.2. The molecule has 0 aliphatic carbocycles. The number of ether oxygens (including phenoxy) is 2. The Morgan fingerprint density at radius 1 is 1.22 bits per heavy atom. The number of amides is 1. The molecule has 27 heavy (non-hydrogen) atoms. The van der Waals surface area contributed by atoms with Crippen molar-refractivity contribution in [3.8, 4) is 11.5 Å². The molecule has 1 amide bonds. The molecule has 2 aromatic carbocycles. The number of carbonyl (C=O) groups is 1. The molecule has 1 aromatic heterocycles. The fraction of sp³-hybridized carbons (Fsp3) is 0.263. The molecule has 0 aliphatic rings. The number of hydrogen-bond acceptors (Lipinski definition) is 6. The van der Waals surface area contributed by atoms with Gasteiger partial charge in [-0.2, -0.15) is 0 Å². The van der Waals surface area contributed by atoms with Crippen LogP contribution in [0.4, 0.5) is 5.69 Å². The predicted octanol–water partition coefficient (Wildman–Crippen LogP) is 4.04. The number of fused-ring (bicyclic) bond motifs is 1. The standard InChI is InChI=1S/C19H20ClN3O3S/c1-23(11-19-22-13-6-4-5-7-17(13)27-19)10-18(24)21-14-8-12(20)15(25-2)9-16(14)26-3/h4-9H,10-11H2,1-3H3,(H,21,24). The van der Waals surface area contributed by atoms with Crippen molar-refractivity contribution < 1.29 is 14.3 Å². The number of carbonyl (C=O) groups excluding carboxylic acids is 1. The number of nitrogens with zero attached hydrogens (tertiary/aromatic N) is 2. The van der Waals surface area contributed by atoms with Gasteiger partial charge >= 0.3 is 0 Å². The van der Waals surface area contributed by atoms with E-state index in [0.717, 1.165) is 15.2 Å². The highest BCUT2D eigenvalue weighted by atomic mass is 35.5. The van der Waals surface area contributed by atoms with Gasteiger partial charge in [-0.15, -0.1) is 11.3 Å². The van der Waals surface area contributed by atoms with Gasteiger partial charge in [0.25, 0.3) is 0 Å². The normalized spacial score (nSPS) is 11.0. The van der Waals surface area contributed by atoms with Gasteiger partial charge in [-0.1, -0.05) is 23.7 Å². The number of rotatable bonds is 7. The van der Waals surface area contributed by atoms with E-state index in [9.17, 15) is 4.79 Å². The Morgan fingerprint density at radius 2 is 1.96 bits per heavy atom. The van der Waals surface area contributed by atoms with E-state index >= 15 is 0 Å². The third kappa shape index (κ3) is 4.68. The van der Waals surface area contributed by atoms with Crippen molar-refractivity contribution in [3.63, 3.8) is 0 Å². The second-order valence-electron chi connectivity index (χ2n) is 5.98. The van der Waals surface area contributed by atoms with Crippen LogP contribution in [0.25, 0.3) is 10.2 Å². The van der Waals surface area contributed by atoms with E-state index < -0.39 is 0 Å². The summed E-state index contributed by atoms with van der Waals surface area (Å²) in [6.07, 6.45) is 0. The number of halogens is 1. The van der Waals surface area contributed by atoms with Crippen LogP contribution in [0, 0.1) is 0 Å². The minimum Gasteiger partial charge on any atom is -0.495 e. The van der Waals surface area contributed by atoms with Gasteiger partial charge in [0.2, 0.25) is 5.91 Å². The zero-order valence-corrected chi connectivity index (χ0v) is 16.9. The number of para-hydroxylation sites is 1. The van der Waals surface area contributed by atoms with Crippen molar-refractivity contribution in [1.82, 2.24) is 9.88 Å². The topological polar surface area (TPSA) is 63.7 Å². The van der Waals surface area contributed by atoms with Gasteiger partial charge in [0.15, 0.2) is 0 Å². The number of methoxy groups -OCH3 is 2. The van der Waals surface area contributed by atoms with Gasteiger partial charge in [0.1, 0.15) is 16.5 Å². The lowest BCUT2D eigenvalue weighted by Gasteiger charge is -2.16. The summed E-state index contributed by atoms with van der Waals surface area (Å²) in [7, 11) is 4.93. The molecule has 3 rings (SSSR count). The molecule has 0 fully saturated rings. The highest BCUT2D eigenvalue weighted by molar-refractivity contribution is 7.18. The van der Waals surface area contributed by atoms with Crippen LogP contribution >= 0.6 is 22.9 Å². The minimum atomic E-state index is -0.168. The Labute approximate surface area is 166 Å². The molecule has 0 aliphatic heterocycles. The van der Waals surface area contributed by atoms with Crippen LogP contribution < -0.4 is 14.8 Å². The van der Waals surface area contributed by atoms with Crippen molar-refractivity contribution in [1.29, 1.82) is 0 Å². The number of thiazole rings is 1. The molecule has 0 radical (unpaired) electrons. The van der Waals surface area contributed by atoms with Crippen molar-refractivity contribution in [2.45, 2.75) is 6.54 Å². The summed E-state index contributed by atoms with van der Waals surface area (Å²) in [5.74, 6) is 0.802. The smallest absolute Gasteiger partial charge is 0.238 e. The maximum absolute atomic E-state index is 12.4. The number of anilines is 1. The number of aromatic nitrogens is 1. The van der Waals surface area contributed by atoms with Crippen molar-refractivity contribution in [2.75, 3.05) is 33.1 Å². The van der Waals surface area contributed by atoms with Gasteiger partial charge in [-0.25, -0.2) is 4.98 Å². The average Bonchev–Trinajstić information content (AvgIpc) is 3.03. The summed E-state index contributed by atoms with van der Waals surface area (Å²) < 4.78 is 11.6. The fourth-order valence-corrected chi connectivity index (χ4v) is 3.96. The van der Waals surface area contributed by atoms with Gasteiger partial charge in [-0.3, -0.25) is 9.69 Å². The molecule has 0 saturated carbocycles. The molecule has 8 heteroatoms. The number of hydrogen-bond donors (Lipinski definition) is 1. The minimum absolute atomic E-state index is 0.168. The summed E-state index contributed by atoms with van der Waals surface area (Å²) in [6.45, 7) is 0.802. The zero-order valence-electron chi connectivity index (χ0n) is 15.3. The van der Waals surface area contributed by atoms with Gasteiger partial charge in [0, 0.05) is 6.07 Å². The molecule has 0 spiro atoms. The first-order valence-electron chi connectivity index (χ1n) is 8.24. The van der Waals surface area contributed by atoms with Crippen molar-refractivity contribution in [2.24, 2.45) is 0 Å². The van der Waals surface area contributed by atoms with Gasteiger partial charge in [0.05, 0.1) is 48.2 Å². The molecular formula is C19H20ClN3O3S. The van der Waals surface area contributed by atoms with E-state index in [4.69, 9.17) is 21.1 Å². The Morgan fingerprint density at radius 3 is 2.67 bits per heavy atom. The molecule has 142 valence electrons. The number of nitrogens with one attached hydrogen (secondary N) is 1. The SMILES string of the molecule is COc1cc(OC)c(NC(=O)CN(C)Cc2nc3ccccc3s2)cc1Cl. The van der Waals surface area contributed by atoms with E-state index in [0.29, 0.717) is 28.8 Å². The molecule has 6 nitrogen and oxygen atoms in total. The Bertz CT molecular complexity index is 928. The fourth-order valence-electron chi connectivity index (χ4n) is 2.67. The number of likely N-dealkylation sites (N-methyl/N-ethyl adjacent to an activating group) is 1. The second kappa shape index (κ2) is 8.56. The molecule has 0 atom stereocenters. The summed E-state index contributed by atoms with van der Waals surface area (Å²) in [5.41, 5.74) is 1.48. The highest BCUT2D eigenvalue weighted by Crippen LogP contribution is 2.35. The highest BCUT2D eigenvalue weighted by Gasteiger charge is 2.15. The van der Waals surface area contributed by atoms with Crippen LogP contribution in [-0.4, -0.2) is 43.6 Å². The molecule has 1 N–H and O–H groups in total. The first-order chi connectivity index (χ1) is 13.0. The van der Waals surface area contributed by atoms with Crippen molar-refractivity contribution in [3.05, 3.63) is 46.4 Å². The Balaban J connectivity index is 1.64. The Kier molecular flexibility index (Phi) is 6.15. The van der Waals surface area contributed by atoms with E-state index in [-0.39, 0.29) is 12.5 Å². The Hall–Kier alpha value is -2.35. The van der Waals surface area contributed by atoms with E-state index in [2.05, 4.69) is 10.3 Å². The summed E-state index contributed by atoms with van der Waals surface area (Å²) in [4.78, 5) is 18.9. The summed E-state index contributed by atoms with van der Waals surface area (Å²) in [5, 5.41) is 4.20.